The molecule has 0 unspecified atom stereocenters. The van der Waals surface area contributed by atoms with Gasteiger partial charge in [-0.1, -0.05) is 23.8 Å². The van der Waals surface area contributed by atoms with Gasteiger partial charge in [0.05, 0.1) is 13.0 Å². The van der Waals surface area contributed by atoms with Gasteiger partial charge in [-0.25, -0.2) is 0 Å². The van der Waals surface area contributed by atoms with Crippen LogP contribution < -0.4 is 0 Å². The van der Waals surface area contributed by atoms with Crippen LogP contribution in [-0.4, -0.2) is 31.1 Å². The van der Waals surface area contributed by atoms with Crippen molar-refractivity contribution in [2.45, 2.75) is 33.2 Å². The van der Waals surface area contributed by atoms with Crippen molar-refractivity contribution in [3.8, 4) is 0 Å². The molecule has 1 fully saturated rings. The summed E-state index contributed by atoms with van der Waals surface area (Å²) in [4.78, 5) is 13.9. The van der Waals surface area contributed by atoms with Crippen molar-refractivity contribution in [3.05, 3.63) is 34.9 Å². The molecule has 0 radical (unpaired) electrons. The lowest BCUT2D eigenvalue weighted by Gasteiger charge is -2.31. The van der Waals surface area contributed by atoms with E-state index in [9.17, 15) is 4.79 Å². The number of piperidine rings is 1. The monoisotopic (exact) mass is 261 g/mol. The molecule has 0 amide bonds. The highest BCUT2D eigenvalue weighted by molar-refractivity contribution is 5.72. The van der Waals surface area contributed by atoms with Gasteiger partial charge in [-0.2, -0.15) is 0 Å². The maximum atomic E-state index is 11.5. The first kappa shape index (κ1) is 14.1. The number of aryl methyl sites for hydroxylation is 2. The maximum absolute atomic E-state index is 11.5. The smallest absolute Gasteiger partial charge is 0.308 e. The summed E-state index contributed by atoms with van der Waals surface area (Å²) in [6, 6.07) is 6.61. The van der Waals surface area contributed by atoms with Crippen molar-refractivity contribution in [2.75, 3.05) is 20.2 Å². The van der Waals surface area contributed by atoms with E-state index in [1.165, 1.54) is 23.8 Å². The predicted octanol–water partition coefficient (Wildman–Crippen LogP) is 2.69. The minimum atomic E-state index is -0.0496. The summed E-state index contributed by atoms with van der Waals surface area (Å²) in [5, 5.41) is 0. The molecule has 1 saturated heterocycles. The molecule has 1 aromatic carbocycles. The van der Waals surface area contributed by atoms with Gasteiger partial charge in [-0.3, -0.25) is 9.69 Å². The molecule has 0 bridgehead atoms. The van der Waals surface area contributed by atoms with Crippen molar-refractivity contribution in [2.24, 2.45) is 5.92 Å². The Morgan fingerprint density at radius 1 is 1.32 bits per heavy atom. The molecule has 104 valence electrons. The lowest BCUT2D eigenvalue weighted by molar-refractivity contribution is -0.147. The summed E-state index contributed by atoms with van der Waals surface area (Å²) in [7, 11) is 1.48. The van der Waals surface area contributed by atoms with E-state index in [1.54, 1.807) is 0 Å². The molecule has 2 rings (SSSR count). The van der Waals surface area contributed by atoms with Gasteiger partial charge >= 0.3 is 5.97 Å². The van der Waals surface area contributed by atoms with Gasteiger partial charge in [0.25, 0.3) is 0 Å². The zero-order valence-corrected chi connectivity index (χ0v) is 12.1. The second-order valence-electron chi connectivity index (χ2n) is 5.50. The normalized spacial score (nSPS) is 17.4. The molecule has 0 atom stereocenters. The van der Waals surface area contributed by atoms with Gasteiger partial charge in [0.1, 0.15) is 0 Å². The fraction of sp³-hybridized carbons (Fsp3) is 0.562. The van der Waals surface area contributed by atoms with E-state index >= 15 is 0 Å². The topological polar surface area (TPSA) is 29.5 Å². The first-order chi connectivity index (χ1) is 9.10. The van der Waals surface area contributed by atoms with Gasteiger partial charge in [0, 0.05) is 6.54 Å². The summed E-state index contributed by atoms with van der Waals surface area (Å²) in [5.74, 6) is 0.0474. The maximum Gasteiger partial charge on any atom is 0.308 e. The lowest BCUT2D eigenvalue weighted by Crippen LogP contribution is -2.36. The third kappa shape index (κ3) is 3.57. The molecule has 0 saturated carbocycles. The van der Waals surface area contributed by atoms with Crippen LogP contribution in [0.25, 0.3) is 0 Å². The van der Waals surface area contributed by atoms with E-state index in [4.69, 9.17) is 4.74 Å². The highest BCUT2D eigenvalue weighted by Gasteiger charge is 2.25. The number of carbonyl (C=O) groups excluding carboxylic acids is 1. The van der Waals surface area contributed by atoms with Crippen LogP contribution in [0.2, 0.25) is 0 Å². The van der Waals surface area contributed by atoms with Crippen LogP contribution in [0, 0.1) is 19.8 Å². The minimum absolute atomic E-state index is 0.0496. The van der Waals surface area contributed by atoms with Crippen molar-refractivity contribution in [3.63, 3.8) is 0 Å². The van der Waals surface area contributed by atoms with E-state index < -0.39 is 0 Å². The summed E-state index contributed by atoms with van der Waals surface area (Å²) >= 11 is 0. The van der Waals surface area contributed by atoms with Gasteiger partial charge < -0.3 is 4.74 Å². The van der Waals surface area contributed by atoms with Crippen LogP contribution >= 0.6 is 0 Å². The standard InChI is InChI=1S/C16H23NO2/c1-12-4-5-13(2)15(10-12)11-17-8-6-14(7-9-17)16(18)19-3/h4-5,10,14H,6-9,11H2,1-3H3. The molecule has 1 aliphatic rings. The van der Waals surface area contributed by atoms with E-state index in [-0.39, 0.29) is 11.9 Å². The molecule has 3 nitrogen and oxygen atoms in total. The zero-order valence-electron chi connectivity index (χ0n) is 12.1. The minimum Gasteiger partial charge on any atom is -0.469 e. The van der Waals surface area contributed by atoms with Crippen LogP contribution in [0.4, 0.5) is 0 Å². The molecule has 1 aromatic rings. The molecule has 19 heavy (non-hydrogen) atoms. The Kier molecular flexibility index (Phi) is 4.59. The third-order valence-corrected chi connectivity index (χ3v) is 4.02. The van der Waals surface area contributed by atoms with Crippen LogP contribution in [0.15, 0.2) is 18.2 Å². The van der Waals surface area contributed by atoms with E-state index in [2.05, 4.69) is 36.9 Å². The number of likely N-dealkylation sites (tertiary alicyclic amines) is 1. The second-order valence-corrected chi connectivity index (χ2v) is 5.50. The van der Waals surface area contributed by atoms with Gasteiger partial charge in [-0.15, -0.1) is 0 Å². The molecular weight excluding hydrogens is 238 g/mol. The molecular formula is C16H23NO2. The van der Waals surface area contributed by atoms with Crippen LogP contribution in [0.5, 0.6) is 0 Å². The highest BCUT2D eigenvalue weighted by Crippen LogP contribution is 2.21. The average Bonchev–Trinajstić information content (AvgIpc) is 2.43. The summed E-state index contributed by atoms with van der Waals surface area (Å²) in [5.41, 5.74) is 4.06. The number of methoxy groups -OCH3 is 1. The number of benzene rings is 1. The quantitative estimate of drug-likeness (QED) is 0.784. The molecule has 0 aliphatic carbocycles. The number of hydrogen-bond acceptors (Lipinski definition) is 3. The summed E-state index contributed by atoms with van der Waals surface area (Å²) < 4.78 is 4.82. The summed E-state index contributed by atoms with van der Waals surface area (Å²) in [6.07, 6.45) is 1.83. The van der Waals surface area contributed by atoms with Crippen LogP contribution in [0.3, 0.4) is 0 Å². The van der Waals surface area contributed by atoms with Crippen LogP contribution in [0.1, 0.15) is 29.5 Å². The van der Waals surface area contributed by atoms with E-state index in [0.29, 0.717) is 0 Å². The SMILES string of the molecule is COC(=O)C1CCN(Cc2cc(C)ccc2C)CC1. The van der Waals surface area contributed by atoms with Crippen molar-refractivity contribution < 1.29 is 9.53 Å². The first-order valence-electron chi connectivity index (χ1n) is 6.96. The number of carbonyl (C=O) groups is 1. The van der Waals surface area contributed by atoms with Crippen molar-refractivity contribution >= 4 is 5.97 Å². The van der Waals surface area contributed by atoms with Gasteiger partial charge in [0.15, 0.2) is 0 Å². The average molecular weight is 261 g/mol. The first-order valence-corrected chi connectivity index (χ1v) is 6.96. The predicted molar refractivity (Wildman–Crippen MR) is 75.9 cm³/mol. The second kappa shape index (κ2) is 6.20. The molecule has 0 aromatic heterocycles. The van der Waals surface area contributed by atoms with Crippen molar-refractivity contribution in [1.82, 2.24) is 4.90 Å². The largest absolute Gasteiger partial charge is 0.469 e. The number of esters is 1. The van der Waals surface area contributed by atoms with Crippen molar-refractivity contribution in [1.29, 1.82) is 0 Å². The Bertz CT molecular complexity index is 448. The number of ether oxygens (including phenoxy) is 1. The fourth-order valence-corrected chi connectivity index (χ4v) is 2.70. The number of nitrogens with zero attached hydrogens (tertiary/aromatic N) is 1. The third-order valence-electron chi connectivity index (χ3n) is 4.02. The van der Waals surface area contributed by atoms with E-state index in [1.807, 2.05) is 0 Å². The Labute approximate surface area is 115 Å². The summed E-state index contributed by atoms with van der Waals surface area (Å²) in [6.45, 7) is 7.24. The zero-order chi connectivity index (χ0) is 13.8. The molecule has 1 heterocycles. The molecule has 0 N–H and O–H groups in total. The van der Waals surface area contributed by atoms with Gasteiger partial charge in [0.2, 0.25) is 0 Å². The molecule has 1 aliphatic heterocycles. The Morgan fingerprint density at radius 2 is 2.00 bits per heavy atom. The Morgan fingerprint density at radius 3 is 2.63 bits per heavy atom. The molecule has 3 heteroatoms. The Balaban J connectivity index is 1.92. The lowest BCUT2D eigenvalue weighted by atomic mass is 9.96. The number of rotatable bonds is 3. The Hall–Kier alpha value is -1.35. The highest BCUT2D eigenvalue weighted by atomic mass is 16.5. The molecule has 0 spiro atoms. The van der Waals surface area contributed by atoms with Crippen LogP contribution in [-0.2, 0) is 16.1 Å². The number of hydrogen-bond donors (Lipinski definition) is 0. The van der Waals surface area contributed by atoms with E-state index in [0.717, 1.165) is 32.5 Å². The van der Waals surface area contributed by atoms with Gasteiger partial charge in [-0.05, 0) is 50.9 Å². The fourth-order valence-electron chi connectivity index (χ4n) is 2.70.